The molecule has 0 bridgehead atoms. The Labute approximate surface area is 219 Å². The van der Waals surface area contributed by atoms with Crippen LogP contribution in [0.4, 0.5) is 0 Å². The molecule has 210 valence electrons. The second kappa shape index (κ2) is 10.4. The number of hydrogen-bond donors (Lipinski definition) is 8. The number of benzene rings is 2. The molecule has 2 aromatic carbocycles. The summed E-state index contributed by atoms with van der Waals surface area (Å²) in [5.74, 6) is -3.55. The van der Waals surface area contributed by atoms with E-state index in [9.17, 15) is 50.4 Å². The van der Waals surface area contributed by atoms with E-state index in [1.807, 2.05) is 0 Å². The summed E-state index contributed by atoms with van der Waals surface area (Å²) in [4.78, 5) is 26.0. The van der Waals surface area contributed by atoms with Gasteiger partial charge < -0.3 is 59.8 Å². The highest BCUT2D eigenvalue weighted by Crippen LogP contribution is 2.44. The van der Waals surface area contributed by atoms with Crippen molar-refractivity contribution in [2.75, 3.05) is 13.2 Å². The highest BCUT2D eigenvalue weighted by molar-refractivity contribution is 6.30. The Bertz CT molecular complexity index is 1280. The largest absolute Gasteiger partial charge is 0.507 e. The molecule has 2 saturated heterocycles. The van der Waals surface area contributed by atoms with Gasteiger partial charge in [0.05, 0.1) is 24.3 Å². The van der Waals surface area contributed by atoms with E-state index in [0.717, 1.165) is 6.07 Å². The molecule has 14 nitrogen and oxygen atoms in total. The molecule has 0 aromatic heterocycles. The number of phenols is 2. The number of aromatic hydroxyl groups is 2. The SMILES string of the molecule is O=C1c2ccccc2C(=O)c2c(O)c(O[C@H]3O[C@@H](CO[C@H]4OC[C@H](O)[C@@H](O)[C@@H]4O)[C@H](O)[C@@H](O)[C@@H]3O)cc(O)c21. The maximum absolute atomic E-state index is 13.1. The van der Waals surface area contributed by atoms with Gasteiger partial charge in [0.15, 0.2) is 29.4 Å². The highest BCUT2D eigenvalue weighted by Gasteiger charge is 2.47. The van der Waals surface area contributed by atoms with E-state index >= 15 is 0 Å². The molecule has 9 atom stereocenters. The van der Waals surface area contributed by atoms with Gasteiger partial charge in [0.1, 0.15) is 48.5 Å². The molecule has 5 rings (SSSR count). The fourth-order valence-corrected chi connectivity index (χ4v) is 4.72. The zero-order valence-corrected chi connectivity index (χ0v) is 20.0. The second-order valence-electron chi connectivity index (χ2n) is 9.41. The molecule has 0 radical (unpaired) electrons. The zero-order chi connectivity index (χ0) is 28.2. The number of ether oxygens (including phenoxy) is 4. The minimum atomic E-state index is -1.89. The number of aliphatic hydroxyl groups excluding tert-OH is 6. The summed E-state index contributed by atoms with van der Waals surface area (Å²) < 4.78 is 21.4. The number of carbonyl (C=O) groups excluding carboxylic acids is 2. The third-order valence-electron chi connectivity index (χ3n) is 6.91. The Morgan fingerprint density at radius 2 is 1.41 bits per heavy atom. The smallest absolute Gasteiger partial charge is 0.229 e. The Balaban J connectivity index is 1.37. The van der Waals surface area contributed by atoms with Crippen LogP contribution in [0.15, 0.2) is 30.3 Å². The van der Waals surface area contributed by atoms with Gasteiger partial charge in [0.25, 0.3) is 0 Å². The fraction of sp³-hybridized carbons (Fsp3) is 0.440. The van der Waals surface area contributed by atoms with E-state index in [1.54, 1.807) is 0 Å². The van der Waals surface area contributed by atoms with Crippen molar-refractivity contribution < 1.29 is 69.4 Å². The van der Waals surface area contributed by atoms with Crippen molar-refractivity contribution in [2.24, 2.45) is 0 Å². The zero-order valence-electron chi connectivity index (χ0n) is 20.0. The standard InChI is InChI=1S/C25H26O14/c26-10-5-12(19(31)15-14(10)16(28)8-3-1-2-4-9(8)17(15)29)38-25-23(35)21(33)20(32)13(39-25)7-37-24-22(34)18(30)11(27)6-36-24/h1-5,11,13,18,20-27,30-35H,6-7H2/t11-,13-,18+,20-,21+,22-,23-,24+,25-/m0/s1. The lowest BCUT2D eigenvalue weighted by Crippen LogP contribution is -2.61. The van der Waals surface area contributed by atoms with Crippen LogP contribution in [-0.2, 0) is 14.2 Å². The molecule has 0 spiro atoms. The molecule has 1 aliphatic carbocycles. The van der Waals surface area contributed by atoms with E-state index in [0.29, 0.717) is 0 Å². The number of carbonyl (C=O) groups is 2. The lowest BCUT2D eigenvalue weighted by Gasteiger charge is -2.41. The molecule has 2 aromatic rings. The predicted octanol–water partition coefficient (Wildman–Crippen LogP) is -2.48. The van der Waals surface area contributed by atoms with Crippen LogP contribution in [0, 0.1) is 0 Å². The van der Waals surface area contributed by atoms with Gasteiger partial charge in [-0.25, -0.2) is 0 Å². The molecular formula is C25H26O14. The van der Waals surface area contributed by atoms with Gasteiger partial charge in [-0.05, 0) is 0 Å². The van der Waals surface area contributed by atoms with Gasteiger partial charge in [0.2, 0.25) is 6.29 Å². The second-order valence-corrected chi connectivity index (χ2v) is 9.41. The van der Waals surface area contributed by atoms with Crippen LogP contribution in [0.2, 0.25) is 0 Å². The molecular weight excluding hydrogens is 524 g/mol. The minimum absolute atomic E-state index is 0.00341. The lowest BCUT2D eigenvalue weighted by atomic mass is 9.83. The first-order valence-corrected chi connectivity index (χ1v) is 11.9. The number of fused-ring (bicyclic) bond motifs is 2. The first-order chi connectivity index (χ1) is 18.5. The van der Waals surface area contributed by atoms with Crippen molar-refractivity contribution >= 4 is 11.6 Å². The monoisotopic (exact) mass is 550 g/mol. The van der Waals surface area contributed by atoms with Gasteiger partial charge in [-0.1, -0.05) is 24.3 Å². The van der Waals surface area contributed by atoms with Crippen LogP contribution in [-0.4, -0.2) is 121 Å². The number of aliphatic hydroxyl groups is 6. The van der Waals surface area contributed by atoms with Crippen molar-refractivity contribution in [1.29, 1.82) is 0 Å². The third-order valence-corrected chi connectivity index (χ3v) is 6.91. The van der Waals surface area contributed by atoms with Gasteiger partial charge >= 0.3 is 0 Å². The maximum Gasteiger partial charge on any atom is 0.229 e. The van der Waals surface area contributed by atoms with Crippen molar-refractivity contribution in [1.82, 2.24) is 0 Å². The Morgan fingerprint density at radius 1 is 0.795 bits per heavy atom. The minimum Gasteiger partial charge on any atom is -0.507 e. The number of hydrogen-bond acceptors (Lipinski definition) is 14. The van der Waals surface area contributed by atoms with Crippen LogP contribution in [0.3, 0.4) is 0 Å². The summed E-state index contributed by atoms with van der Waals surface area (Å²) in [6.45, 7) is -0.905. The summed E-state index contributed by atoms with van der Waals surface area (Å²) in [5, 5.41) is 81.9. The van der Waals surface area contributed by atoms with E-state index < -0.39 is 102 Å². The molecule has 2 fully saturated rings. The summed E-state index contributed by atoms with van der Waals surface area (Å²) in [5.41, 5.74) is -0.924. The number of ketones is 2. The normalized spacial score (nSPS) is 34.4. The number of rotatable bonds is 5. The van der Waals surface area contributed by atoms with Crippen molar-refractivity contribution in [3.8, 4) is 17.2 Å². The van der Waals surface area contributed by atoms with Gasteiger partial charge in [-0.2, -0.15) is 0 Å². The van der Waals surface area contributed by atoms with Gasteiger partial charge in [-0.3, -0.25) is 9.59 Å². The van der Waals surface area contributed by atoms with Crippen LogP contribution in [0.25, 0.3) is 0 Å². The quantitative estimate of drug-likeness (QED) is 0.154. The molecule has 0 saturated carbocycles. The molecule has 0 unspecified atom stereocenters. The average Bonchev–Trinajstić information content (AvgIpc) is 2.92. The van der Waals surface area contributed by atoms with Crippen molar-refractivity contribution in [3.05, 3.63) is 52.6 Å². The first-order valence-electron chi connectivity index (χ1n) is 11.9. The Hall–Kier alpha value is -3.18. The summed E-state index contributed by atoms with van der Waals surface area (Å²) in [6, 6.07) is 6.68. The van der Waals surface area contributed by atoms with Crippen molar-refractivity contribution in [3.63, 3.8) is 0 Å². The Morgan fingerprint density at radius 3 is 2.08 bits per heavy atom. The summed E-state index contributed by atoms with van der Waals surface area (Å²) in [6.07, 6.45) is -14.6. The third kappa shape index (κ3) is 4.65. The van der Waals surface area contributed by atoms with E-state index in [1.165, 1.54) is 24.3 Å². The molecule has 2 aliphatic heterocycles. The maximum atomic E-state index is 13.1. The van der Waals surface area contributed by atoms with Crippen molar-refractivity contribution in [2.45, 2.75) is 55.3 Å². The molecule has 3 aliphatic rings. The summed E-state index contributed by atoms with van der Waals surface area (Å²) >= 11 is 0. The van der Waals surface area contributed by atoms with Gasteiger partial charge in [-0.15, -0.1) is 0 Å². The van der Waals surface area contributed by atoms with E-state index in [2.05, 4.69) is 0 Å². The van der Waals surface area contributed by atoms with Crippen LogP contribution in [0.5, 0.6) is 17.2 Å². The number of phenolic OH excluding ortho intramolecular Hbond substituents is 2. The van der Waals surface area contributed by atoms with Gasteiger partial charge in [0, 0.05) is 17.2 Å². The fourth-order valence-electron chi connectivity index (χ4n) is 4.72. The van der Waals surface area contributed by atoms with Crippen LogP contribution >= 0.6 is 0 Å². The topological polar surface area (TPSA) is 233 Å². The molecule has 0 amide bonds. The summed E-state index contributed by atoms with van der Waals surface area (Å²) in [7, 11) is 0. The van der Waals surface area contributed by atoms with E-state index in [-0.39, 0.29) is 17.7 Å². The highest BCUT2D eigenvalue weighted by atomic mass is 16.7. The molecule has 39 heavy (non-hydrogen) atoms. The average molecular weight is 550 g/mol. The Kier molecular flexibility index (Phi) is 7.32. The lowest BCUT2D eigenvalue weighted by molar-refractivity contribution is -0.307. The predicted molar refractivity (Wildman–Crippen MR) is 124 cm³/mol. The molecule has 14 heteroatoms. The van der Waals surface area contributed by atoms with E-state index in [4.69, 9.17) is 18.9 Å². The first kappa shape index (κ1) is 27.4. The van der Waals surface area contributed by atoms with Crippen LogP contribution < -0.4 is 4.74 Å². The molecule has 8 N–H and O–H groups in total. The van der Waals surface area contributed by atoms with Crippen LogP contribution in [0.1, 0.15) is 31.8 Å². The molecule has 2 heterocycles.